The summed E-state index contributed by atoms with van der Waals surface area (Å²) in [6, 6.07) is 7.87. The van der Waals surface area contributed by atoms with Gasteiger partial charge in [0.2, 0.25) is 5.82 Å². The van der Waals surface area contributed by atoms with Crippen LogP contribution in [0.3, 0.4) is 0 Å². The van der Waals surface area contributed by atoms with Crippen molar-refractivity contribution < 1.29 is 14.0 Å². The summed E-state index contributed by atoms with van der Waals surface area (Å²) in [7, 11) is 0. The number of fused-ring (bicyclic) bond motifs is 3. The lowest BCUT2D eigenvalue weighted by Gasteiger charge is -2.27. The first-order chi connectivity index (χ1) is 15.8. The summed E-state index contributed by atoms with van der Waals surface area (Å²) < 4.78 is 20.2. The number of rotatable bonds is 5. The molecule has 0 spiro atoms. The van der Waals surface area contributed by atoms with E-state index in [-0.39, 0.29) is 11.7 Å². The first-order valence-electron chi connectivity index (χ1n) is 11.0. The van der Waals surface area contributed by atoms with Crippen molar-refractivity contribution in [3.05, 3.63) is 46.8 Å². The summed E-state index contributed by atoms with van der Waals surface area (Å²) in [5.74, 6) is 0.747. The number of imidazole rings is 1. The lowest BCUT2D eigenvalue weighted by Crippen LogP contribution is -2.39. The van der Waals surface area contributed by atoms with Crippen LogP contribution in [-0.4, -0.2) is 68.4 Å². The second-order valence-electron chi connectivity index (χ2n) is 8.17. The van der Waals surface area contributed by atoms with Crippen LogP contribution in [0.15, 0.2) is 39.9 Å². The third-order valence-corrected chi connectivity index (χ3v) is 6.25. The number of nitrogens with zero attached hydrogens (tertiary/aromatic N) is 6. The number of hydrogen-bond acceptors (Lipinski definition) is 8. The fourth-order valence-corrected chi connectivity index (χ4v) is 4.56. The van der Waals surface area contributed by atoms with Crippen LogP contribution in [0.5, 0.6) is 0 Å². The smallest absolute Gasteiger partial charge is 0.277 e. The first kappa shape index (κ1) is 19.6. The molecule has 2 aliphatic rings. The van der Waals surface area contributed by atoms with E-state index in [1.807, 2.05) is 33.2 Å². The SMILES string of the molecule is O=c1c2c(-c3noc(C4CCCO4)n3)ncn2c2ccccc2n1CCN1CCOCC1. The maximum absolute atomic E-state index is 13.7. The molecule has 0 radical (unpaired) electrons. The Balaban J connectivity index is 1.44. The molecule has 0 bridgehead atoms. The Morgan fingerprint density at radius 1 is 1.06 bits per heavy atom. The van der Waals surface area contributed by atoms with E-state index >= 15 is 0 Å². The molecule has 2 saturated heterocycles. The molecular weight excluding hydrogens is 412 g/mol. The van der Waals surface area contributed by atoms with Crippen LogP contribution in [0.4, 0.5) is 0 Å². The lowest BCUT2D eigenvalue weighted by atomic mass is 10.2. The van der Waals surface area contributed by atoms with Gasteiger partial charge in [-0.25, -0.2) is 4.98 Å². The van der Waals surface area contributed by atoms with Crippen molar-refractivity contribution in [1.29, 1.82) is 0 Å². The van der Waals surface area contributed by atoms with Gasteiger partial charge in [0.15, 0.2) is 0 Å². The van der Waals surface area contributed by atoms with Crippen LogP contribution in [0.1, 0.15) is 24.8 Å². The topological polar surface area (TPSA) is 99.9 Å². The van der Waals surface area contributed by atoms with E-state index < -0.39 is 0 Å². The minimum Gasteiger partial charge on any atom is -0.379 e. The predicted octanol–water partition coefficient (Wildman–Crippen LogP) is 1.88. The van der Waals surface area contributed by atoms with Crippen LogP contribution in [0, 0.1) is 0 Å². The van der Waals surface area contributed by atoms with Crippen molar-refractivity contribution in [2.24, 2.45) is 0 Å². The Bertz CT molecular complexity index is 1310. The molecule has 5 heterocycles. The second kappa shape index (κ2) is 8.12. The van der Waals surface area contributed by atoms with E-state index in [2.05, 4.69) is 20.0 Å². The highest BCUT2D eigenvalue weighted by molar-refractivity contribution is 5.83. The maximum Gasteiger partial charge on any atom is 0.277 e. The highest BCUT2D eigenvalue weighted by Gasteiger charge is 2.26. The van der Waals surface area contributed by atoms with Gasteiger partial charge < -0.3 is 18.6 Å². The molecular formula is C22H24N6O4. The van der Waals surface area contributed by atoms with Crippen LogP contribution in [-0.2, 0) is 16.0 Å². The molecule has 3 aromatic heterocycles. The molecule has 1 atom stereocenters. The molecule has 0 aliphatic carbocycles. The van der Waals surface area contributed by atoms with Crippen molar-refractivity contribution in [2.75, 3.05) is 39.5 Å². The van der Waals surface area contributed by atoms with E-state index in [0.29, 0.717) is 36.1 Å². The summed E-state index contributed by atoms with van der Waals surface area (Å²) in [4.78, 5) is 25.0. The third-order valence-electron chi connectivity index (χ3n) is 6.25. The van der Waals surface area contributed by atoms with Gasteiger partial charge in [0.25, 0.3) is 11.4 Å². The number of aromatic nitrogens is 5. The maximum atomic E-state index is 13.7. The molecule has 6 rings (SSSR count). The molecule has 2 fully saturated rings. The van der Waals surface area contributed by atoms with Crippen LogP contribution in [0.25, 0.3) is 28.1 Å². The molecule has 4 aromatic rings. The molecule has 32 heavy (non-hydrogen) atoms. The van der Waals surface area contributed by atoms with E-state index in [1.165, 1.54) is 0 Å². The number of hydrogen-bond donors (Lipinski definition) is 0. The monoisotopic (exact) mass is 436 g/mol. The Morgan fingerprint density at radius 3 is 2.72 bits per heavy atom. The Kier molecular flexibility index (Phi) is 4.97. The average Bonchev–Trinajstić information content (AvgIpc) is 3.60. The Morgan fingerprint density at radius 2 is 1.91 bits per heavy atom. The molecule has 166 valence electrons. The molecule has 10 heteroatoms. The van der Waals surface area contributed by atoms with E-state index in [0.717, 1.165) is 56.7 Å². The summed E-state index contributed by atoms with van der Waals surface area (Å²) in [6.07, 6.45) is 3.29. The molecule has 2 aliphatic heterocycles. The number of benzene rings is 1. The van der Waals surface area contributed by atoms with E-state index in [1.54, 1.807) is 6.33 Å². The van der Waals surface area contributed by atoms with Crippen molar-refractivity contribution >= 4 is 16.6 Å². The van der Waals surface area contributed by atoms with E-state index in [9.17, 15) is 4.79 Å². The predicted molar refractivity (Wildman–Crippen MR) is 115 cm³/mol. The largest absolute Gasteiger partial charge is 0.379 e. The quantitative estimate of drug-likeness (QED) is 0.468. The van der Waals surface area contributed by atoms with Gasteiger partial charge >= 0.3 is 0 Å². The molecule has 0 N–H and O–H groups in total. The van der Waals surface area contributed by atoms with Gasteiger partial charge in [0.1, 0.15) is 23.6 Å². The van der Waals surface area contributed by atoms with Crippen molar-refractivity contribution in [1.82, 2.24) is 29.0 Å². The minimum atomic E-state index is -0.184. The van der Waals surface area contributed by atoms with Crippen LogP contribution >= 0.6 is 0 Å². The zero-order valence-electron chi connectivity index (χ0n) is 17.6. The van der Waals surface area contributed by atoms with Gasteiger partial charge in [-0.2, -0.15) is 4.98 Å². The van der Waals surface area contributed by atoms with Gasteiger partial charge in [0.05, 0.1) is 24.2 Å². The highest BCUT2D eigenvalue weighted by atomic mass is 16.5. The van der Waals surface area contributed by atoms with Gasteiger partial charge in [0, 0.05) is 32.8 Å². The fraction of sp³-hybridized carbons (Fsp3) is 0.455. The summed E-state index contributed by atoms with van der Waals surface area (Å²) in [6.45, 7) is 5.25. The number of morpholine rings is 1. The molecule has 10 nitrogen and oxygen atoms in total. The average molecular weight is 436 g/mol. The van der Waals surface area contributed by atoms with Gasteiger partial charge in [-0.05, 0) is 25.0 Å². The van der Waals surface area contributed by atoms with Gasteiger partial charge in [-0.3, -0.25) is 14.1 Å². The zero-order valence-corrected chi connectivity index (χ0v) is 17.6. The summed E-state index contributed by atoms with van der Waals surface area (Å²) in [5, 5.41) is 4.11. The minimum absolute atomic E-state index is 0.118. The number of ether oxygens (including phenoxy) is 2. The van der Waals surface area contributed by atoms with E-state index in [4.69, 9.17) is 14.0 Å². The normalized spacial score (nSPS) is 19.9. The van der Waals surface area contributed by atoms with Crippen molar-refractivity contribution in [3.8, 4) is 11.5 Å². The fourth-order valence-electron chi connectivity index (χ4n) is 4.56. The molecule has 0 amide bonds. The molecule has 1 aromatic carbocycles. The lowest BCUT2D eigenvalue weighted by molar-refractivity contribution is 0.0364. The van der Waals surface area contributed by atoms with Crippen molar-refractivity contribution in [3.63, 3.8) is 0 Å². The first-order valence-corrected chi connectivity index (χ1v) is 11.0. The van der Waals surface area contributed by atoms with Crippen molar-refractivity contribution in [2.45, 2.75) is 25.5 Å². The molecule has 1 unspecified atom stereocenters. The summed E-state index contributed by atoms with van der Waals surface area (Å²) >= 11 is 0. The second-order valence-corrected chi connectivity index (χ2v) is 8.17. The Hall–Kier alpha value is -3.08. The third kappa shape index (κ3) is 3.31. The zero-order chi connectivity index (χ0) is 21.5. The van der Waals surface area contributed by atoms with Gasteiger partial charge in [-0.1, -0.05) is 17.3 Å². The summed E-state index contributed by atoms with van der Waals surface area (Å²) in [5.41, 5.74) is 2.54. The van der Waals surface area contributed by atoms with Crippen LogP contribution < -0.4 is 5.56 Å². The highest BCUT2D eigenvalue weighted by Crippen LogP contribution is 2.29. The van der Waals surface area contributed by atoms with Crippen LogP contribution in [0.2, 0.25) is 0 Å². The van der Waals surface area contributed by atoms with Gasteiger partial charge in [-0.15, -0.1) is 0 Å². The Labute approximate surface area is 183 Å². The number of para-hydroxylation sites is 2. The standard InChI is InChI=1S/C22H24N6O4/c29-22-19-18(20-24-21(32-25-20)17-6-3-11-31-17)23-14-28(19)16-5-2-1-4-15(16)27(22)8-7-26-9-12-30-13-10-26/h1-2,4-5,14,17H,3,6-13H2. The molecule has 0 saturated carbocycles.